The minimum absolute atomic E-state index is 0.208. The number of anilines is 1. The number of carbonyl (C=O) groups is 1. The van der Waals surface area contributed by atoms with Crippen LogP contribution >= 0.6 is 0 Å². The first kappa shape index (κ1) is 12.7. The van der Waals surface area contributed by atoms with Crippen molar-refractivity contribution in [3.8, 4) is 0 Å². The SMILES string of the molecule is O=C(NCC1CCCN1c1nc2ccccc2o1)C1CC1. The van der Waals surface area contributed by atoms with Crippen LogP contribution in [0.4, 0.5) is 6.01 Å². The number of nitrogens with one attached hydrogen (secondary N) is 1. The van der Waals surface area contributed by atoms with Gasteiger partial charge in [-0.15, -0.1) is 0 Å². The fraction of sp³-hybridized carbons (Fsp3) is 0.500. The number of para-hydroxylation sites is 2. The third kappa shape index (κ3) is 2.48. The highest BCUT2D eigenvalue weighted by Gasteiger charge is 2.32. The van der Waals surface area contributed by atoms with Gasteiger partial charge in [-0.2, -0.15) is 4.98 Å². The molecular weight excluding hydrogens is 266 g/mol. The number of carbonyl (C=O) groups excluding carboxylic acids is 1. The molecule has 2 fully saturated rings. The van der Waals surface area contributed by atoms with E-state index >= 15 is 0 Å². The predicted molar refractivity (Wildman–Crippen MR) is 80.1 cm³/mol. The highest BCUT2D eigenvalue weighted by atomic mass is 16.4. The molecule has 1 saturated carbocycles. The summed E-state index contributed by atoms with van der Waals surface area (Å²) in [5.74, 6) is 0.476. The lowest BCUT2D eigenvalue weighted by Gasteiger charge is -2.23. The molecule has 1 saturated heterocycles. The summed E-state index contributed by atoms with van der Waals surface area (Å²) in [7, 11) is 0. The average Bonchev–Trinajstić information content (AvgIpc) is 3.10. The Bertz CT molecular complexity index is 629. The van der Waals surface area contributed by atoms with E-state index in [9.17, 15) is 4.79 Å². The second-order valence-corrected chi connectivity index (χ2v) is 5.97. The van der Waals surface area contributed by atoms with E-state index in [1.54, 1.807) is 0 Å². The molecule has 4 rings (SSSR count). The van der Waals surface area contributed by atoms with Gasteiger partial charge in [-0.3, -0.25) is 4.79 Å². The van der Waals surface area contributed by atoms with Crippen molar-refractivity contribution < 1.29 is 9.21 Å². The van der Waals surface area contributed by atoms with Crippen LogP contribution in [-0.2, 0) is 4.79 Å². The van der Waals surface area contributed by atoms with Gasteiger partial charge in [0.2, 0.25) is 5.91 Å². The summed E-state index contributed by atoms with van der Waals surface area (Å²) < 4.78 is 5.85. The molecule has 2 aliphatic rings. The minimum Gasteiger partial charge on any atom is -0.423 e. The maximum Gasteiger partial charge on any atom is 0.298 e. The number of benzene rings is 1. The molecule has 5 heteroatoms. The summed E-state index contributed by atoms with van der Waals surface area (Å²) in [4.78, 5) is 18.5. The molecule has 2 aromatic rings. The lowest BCUT2D eigenvalue weighted by Crippen LogP contribution is -2.40. The van der Waals surface area contributed by atoms with Crippen LogP contribution in [0.25, 0.3) is 11.1 Å². The highest BCUT2D eigenvalue weighted by Crippen LogP contribution is 2.30. The number of aromatic nitrogens is 1. The van der Waals surface area contributed by atoms with Crippen LogP contribution in [0.3, 0.4) is 0 Å². The smallest absolute Gasteiger partial charge is 0.298 e. The maximum atomic E-state index is 11.8. The van der Waals surface area contributed by atoms with Crippen molar-refractivity contribution in [2.45, 2.75) is 31.7 Å². The molecule has 1 N–H and O–H groups in total. The number of hydrogen-bond acceptors (Lipinski definition) is 4. The predicted octanol–water partition coefficient (Wildman–Crippen LogP) is 2.32. The van der Waals surface area contributed by atoms with Gasteiger partial charge in [-0.1, -0.05) is 12.1 Å². The molecule has 1 aromatic heterocycles. The van der Waals surface area contributed by atoms with Gasteiger partial charge in [-0.05, 0) is 37.8 Å². The van der Waals surface area contributed by atoms with E-state index in [4.69, 9.17) is 4.42 Å². The largest absolute Gasteiger partial charge is 0.423 e. The number of amides is 1. The summed E-state index contributed by atoms with van der Waals surface area (Å²) in [5, 5.41) is 3.07. The number of fused-ring (bicyclic) bond motifs is 1. The minimum atomic E-state index is 0.208. The zero-order valence-electron chi connectivity index (χ0n) is 11.9. The third-order valence-electron chi connectivity index (χ3n) is 4.37. The Morgan fingerprint density at radius 2 is 2.19 bits per heavy atom. The quantitative estimate of drug-likeness (QED) is 0.936. The standard InChI is InChI=1S/C16H19N3O2/c20-15(11-7-8-11)17-10-12-4-3-9-19(12)16-18-13-5-1-2-6-14(13)21-16/h1-2,5-6,11-12H,3-4,7-10H2,(H,17,20). The Morgan fingerprint density at radius 1 is 1.33 bits per heavy atom. The van der Waals surface area contributed by atoms with Crippen LogP contribution in [0, 0.1) is 5.92 Å². The van der Waals surface area contributed by atoms with Gasteiger partial charge in [-0.25, -0.2) is 0 Å². The van der Waals surface area contributed by atoms with Gasteiger partial charge < -0.3 is 14.6 Å². The summed E-state index contributed by atoms with van der Waals surface area (Å²) in [6.07, 6.45) is 4.28. The zero-order valence-corrected chi connectivity index (χ0v) is 11.9. The Hall–Kier alpha value is -2.04. The summed E-state index contributed by atoms with van der Waals surface area (Å²) in [5.41, 5.74) is 1.71. The monoisotopic (exact) mass is 285 g/mol. The van der Waals surface area contributed by atoms with E-state index in [1.165, 1.54) is 0 Å². The normalized spacial score (nSPS) is 21.9. The molecule has 0 bridgehead atoms. The first-order chi connectivity index (χ1) is 10.3. The van der Waals surface area contributed by atoms with Crippen molar-refractivity contribution in [1.82, 2.24) is 10.3 Å². The number of hydrogen-bond donors (Lipinski definition) is 1. The van der Waals surface area contributed by atoms with E-state index in [0.29, 0.717) is 18.6 Å². The zero-order chi connectivity index (χ0) is 14.2. The number of nitrogens with zero attached hydrogens (tertiary/aromatic N) is 2. The van der Waals surface area contributed by atoms with Crippen LogP contribution in [0.5, 0.6) is 0 Å². The van der Waals surface area contributed by atoms with Crippen LogP contribution in [0.2, 0.25) is 0 Å². The van der Waals surface area contributed by atoms with E-state index in [2.05, 4.69) is 15.2 Å². The molecule has 1 aromatic carbocycles. The molecule has 1 amide bonds. The van der Waals surface area contributed by atoms with Crippen LogP contribution in [0.15, 0.2) is 28.7 Å². The molecule has 1 unspecified atom stereocenters. The van der Waals surface area contributed by atoms with Crippen molar-refractivity contribution >= 4 is 23.0 Å². The first-order valence-electron chi connectivity index (χ1n) is 7.71. The van der Waals surface area contributed by atoms with E-state index in [-0.39, 0.29) is 11.8 Å². The van der Waals surface area contributed by atoms with Gasteiger partial charge in [0.1, 0.15) is 5.52 Å². The fourth-order valence-electron chi connectivity index (χ4n) is 2.99. The van der Waals surface area contributed by atoms with Crippen molar-refractivity contribution in [2.75, 3.05) is 18.0 Å². The molecule has 110 valence electrons. The maximum absolute atomic E-state index is 11.8. The molecule has 0 radical (unpaired) electrons. The number of rotatable bonds is 4. The molecule has 21 heavy (non-hydrogen) atoms. The van der Waals surface area contributed by atoms with Crippen molar-refractivity contribution in [3.63, 3.8) is 0 Å². The van der Waals surface area contributed by atoms with Crippen molar-refractivity contribution in [1.29, 1.82) is 0 Å². The lowest BCUT2D eigenvalue weighted by atomic mass is 10.2. The van der Waals surface area contributed by atoms with Crippen molar-refractivity contribution in [2.24, 2.45) is 5.92 Å². The average molecular weight is 285 g/mol. The van der Waals surface area contributed by atoms with Crippen molar-refractivity contribution in [3.05, 3.63) is 24.3 Å². The van der Waals surface area contributed by atoms with Crippen LogP contribution in [0.1, 0.15) is 25.7 Å². The van der Waals surface area contributed by atoms with Gasteiger partial charge in [0, 0.05) is 19.0 Å². The Labute approximate surface area is 123 Å². The van der Waals surface area contributed by atoms with E-state index in [1.807, 2.05) is 24.3 Å². The molecule has 1 atom stereocenters. The Morgan fingerprint density at radius 3 is 3.00 bits per heavy atom. The van der Waals surface area contributed by atoms with Gasteiger partial charge in [0.05, 0.1) is 6.04 Å². The van der Waals surface area contributed by atoms with Gasteiger partial charge in [0.15, 0.2) is 5.58 Å². The second-order valence-electron chi connectivity index (χ2n) is 5.97. The molecule has 2 heterocycles. The summed E-state index contributed by atoms with van der Waals surface area (Å²) >= 11 is 0. The molecule has 1 aliphatic carbocycles. The van der Waals surface area contributed by atoms with E-state index in [0.717, 1.165) is 43.3 Å². The Kier molecular flexibility index (Phi) is 3.05. The van der Waals surface area contributed by atoms with E-state index < -0.39 is 0 Å². The van der Waals surface area contributed by atoms with Crippen LogP contribution < -0.4 is 10.2 Å². The van der Waals surface area contributed by atoms with Gasteiger partial charge >= 0.3 is 0 Å². The summed E-state index contributed by atoms with van der Waals surface area (Å²) in [6.45, 7) is 1.63. The highest BCUT2D eigenvalue weighted by molar-refractivity contribution is 5.81. The topological polar surface area (TPSA) is 58.4 Å². The van der Waals surface area contributed by atoms with Gasteiger partial charge in [0.25, 0.3) is 6.01 Å². The Balaban J connectivity index is 1.48. The third-order valence-corrected chi connectivity index (χ3v) is 4.37. The molecule has 0 spiro atoms. The fourth-order valence-corrected chi connectivity index (χ4v) is 2.99. The lowest BCUT2D eigenvalue weighted by molar-refractivity contribution is -0.122. The second kappa shape index (κ2) is 5.06. The summed E-state index contributed by atoms with van der Waals surface area (Å²) in [6, 6.07) is 8.79. The first-order valence-corrected chi connectivity index (χ1v) is 7.71. The molecular formula is C16H19N3O2. The molecule has 5 nitrogen and oxygen atoms in total. The molecule has 1 aliphatic heterocycles. The van der Waals surface area contributed by atoms with Crippen LogP contribution in [-0.4, -0.2) is 30.0 Å². The number of oxazole rings is 1.